The second-order valence-corrected chi connectivity index (χ2v) is 5.77. The first kappa shape index (κ1) is 16.9. The summed E-state index contributed by atoms with van der Waals surface area (Å²) >= 11 is 0. The van der Waals surface area contributed by atoms with Crippen LogP contribution in [0, 0.1) is 0 Å². The largest absolute Gasteiger partial charge is 0.311 e. The van der Waals surface area contributed by atoms with Gasteiger partial charge >= 0.3 is 5.92 Å². The lowest BCUT2D eigenvalue weighted by Gasteiger charge is -2.11. The monoisotopic (exact) mass is 345 g/mol. The highest BCUT2D eigenvalue weighted by atomic mass is 19.3. The molecule has 0 saturated heterocycles. The number of aryl methyl sites for hydroxylation is 1. The van der Waals surface area contributed by atoms with E-state index >= 15 is 0 Å². The number of fused-ring (bicyclic) bond motifs is 1. The van der Waals surface area contributed by atoms with E-state index in [1.165, 1.54) is 13.1 Å². The van der Waals surface area contributed by atoms with Crippen molar-refractivity contribution in [2.45, 2.75) is 33.1 Å². The molecule has 0 aliphatic carbocycles. The minimum Gasteiger partial charge on any atom is -0.311 e. The fraction of sp³-hybridized carbons (Fsp3) is 0.294. The minimum atomic E-state index is -3.13. The number of nitrogens with zero attached hydrogens (tertiary/aromatic N) is 4. The van der Waals surface area contributed by atoms with Crippen LogP contribution in [0.3, 0.4) is 0 Å². The van der Waals surface area contributed by atoms with Crippen molar-refractivity contribution < 1.29 is 13.6 Å². The summed E-state index contributed by atoms with van der Waals surface area (Å²) in [5.41, 5.74) is 1.72. The smallest absolute Gasteiger partial charge is 0.303 e. The van der Waals surface area contributed by atoms with Crippen molar-refractivity contribution in [3.05, 3.63) is 42.1 Å². The van der Waals surface area contributed by atoms with Gasteiger partial charge in [0.15, 0.2) is 0 Å². The first-order chi connectivity index (χ1) is 11.8. The number of hydrogen-bond acceptors (Lipinski definition) is 4. The standard InChI is InChI=1S/C17H17F2N5O/c1-4-11-9-24(15-5-6-20-16(23-15)17(3,18)19)13-7-14(22-10(2)25)21-8-12(11)13/h5-9H,4H2,1-3H3,(H,21,22,25). The maximum atomic E-state index is 13.6. The molecule has 3 aromatic rings. The van der Waals surface area contributed by atoms with Crippen LogP contribution in [-0.2, 0) is 17.1 Å². The maximum absolute atomic E-state index is 13.6. The average molecular weight is 345 g/mol. The van der Waals surface area contributed by atoms with E-state index in [4.69, 9.17) is 0 Å². The summed E-state index contributed by atoms with van der Waals surface area (Å²) in [7, 11) is 0. The molecule has 0 atom stereocenters. The molecule has 1 N–H and O–H groups in total. The van der Waals surface area contributed by atoms with Gasteiger partial charge in [-0.05, 0) is 18.1 Å². The number of carbonyl (C=O) groups is 1. The molecule has 0 aromatic carbocycles. The fourth-order valence-electron chi connectivity index (χ4n) is 2.60. The summed E-state index contributed by atoms with van der Waals surface area (Å²) in [5, 5.41) is 3.50. The number of carbonyl (C=O) groups excluding carboxylic acids is 1. The zero-order chi connectivity index (χ0) is 18.2. The molecular formula is C17H17F2N5O. The predicted molar refractivity (Wildman–Crippen MR) is 89.9 cm³/mol. The van der Waals surface area contributed by atoms with E-state index in [0.717, 1.165) is 29.8 Å². The van der Waals surface area contributed by atoms with Crippen LogP contribution in [0.25, 0.3) is 16.7 Å². The summed E-state index contributed by atoms with van der Waals surface area (Å²) in [6.45, 7) is 4.14. The van der Waals surface area contributed by atoms with E-state index in [1.807, 2.05) is 13.1 Å². The second kappa shape index (κ2) is 6.19. The lowest BCUT2D eigenvalue weighted by Crippen LogP contribution is -2.14. The highest BCUT2D eigenvalue weighted by molar-refractivity contribution is 5.92. The van der Waals surface area contributed by atoms with Crippen LogP contribution in [0.5, 0.6) is 0 Å². The average Bonchev–Trinajstić information content (AvgIpc) is 2.91. The van der Waals surface area contributed by atoms with E-state index in [0.29, 0.717) is 11.6 Å². The van der Waals surface area contributed by atoms with Crippen molar-refractivity contribution in [2.24, 2.45) is 0 Å². The Kier molecular flexibility index (Phi) is 4.20. The van der Waals surface area contributed by atoms with Crippen LogP contribution >= 0.6 is 0 Å². The van der Waals surface area contributed by atoms with Gasteiger partial charge in [-0.25, -0.2) is 15.0 Å². The fourth-order valence-corrected chi connectivity index (χ4v) is 2.60. The summed E-state index contributed by atoms with van der Waals surface area (Å²) in [4.78, 5) is 23.1. The van der Waals surface area contributed by atoms with Crippen molar-refractivity contribution in [2.75, 3.05) is 5.32 Å². The minimum absolute atomic E-state index is 0.240. The van der Waals surface area contributed by atoms with Crippen molar-refractivity contribution in [1.29, 1.82) is 0 Å². The SMILES string of the molecule is CCc1cn(-c2ccnc(C(C)(F)F)n2)c2cc(NC(C)=O)ncc12. The number of anilines is 1. The molecule has 3 rings (SSSR count). The van der Waals surface area contributed by atoms with E-state index in [2.05, 4.69) is 20.3 Å². The van der Waals surface area contributed by atoms with Crippen LogP contribution in [0.2, 0.25) is 0 Å². The first-order valence-electron chi connectivity index (χ1n) is 7.79. The van der Waals surface area contributed by atoms with Gasteiger partial charge in [-0.15, -0.1) is 0 Å². The van der Waals surface area contributed by atoms with Gasteiger partial charge in [-0.3, -0.25) is 4.79 Å². The zero-order valence-corrected chi connectivity index (χ0v) is 14.0. The number of hydrogen-bond donors (Lipinski definition) is 1. The van der Waals surface area contributed by atoms with E-state index < -0.39 is 11.7 Å². The molecule has 0 radical (unpaired) electrons. The molecule has 0 aliphatic heterocycles. The Labute approximate surface area is 142 Å². The summed E-state index contributed by atoms with van der Waals surface area (Å²) < 4.78 is 28.8. The molecule has 130 valence electrons. The Bertz CT molecular complexity index is 946. The second-order valence-electron chi connectivity index (χ2n) is 5.77. The van der Waals surface area contributed by atoms with Crippen molar-refractivity contribution >= 4 is 22.6 Å². The molecule has 0 bridgehead atoms. The van der Waals surface area contributed by atoms with Gasteiger partial charge in [0.1, 0.15) is 11.6 Å². The van der Waals surface area contributed by atoms with E-state index in [1.54, 1.807) is 22.9 Å². The lowest BCUT2D eigenvalue weighted by atomic mass is 10.2. The Balaban J connectivity index is 2.19. The van der Waals surface area contributed by atoms with Gasteiger partial charge in [-0.2, -0.15) is 8.78 Å². The molecule has 0 aliphatic rings. The van der Waals surface area contributed by atoms with Crippen LogP contribution < -0.4 is 5.32 Å². The van der Waals surface area contributed by atoms with Crippen molar-refractivity contribution in [1.82, 2.24) is 19.5 Å². The van der Waals surface area contributed by atoms with Crippen LogP contribution in [0.4, 0.5) is 14.6 Å². The lowest BCUT2D eigenvalue weighted by molar-refractivity contribution is -0.114. The molecule has 1 amide bonds. The number of nitrogens with one attached hydrogen (secondary N) is 1. The van der Waals surface area contributed by atoms with Gasteiger partial charge in [0.25, 0.3) is 0 Å². The Morgan fingerprint density at radius 1 is 1.36 bits per heavy atom. The van der Waals surface area contributed by atoms with Crippen LogP contribution in [-0.4, -0.2) is 25.4 Å². The van der Waals surface area contributed by atoms with Gasteiger partial charge in [-0.1, -0.05) is 6.92 Å². The highest BCUT2D eigenvalue weighted by Gasteiger charge is 2.28. The molecule has 0 unspecified atom stereocenters. The molecule has 0 saturated carbocycles. The van der Waals surface area contributed by atoms with Crippen LogP contribution in [0.15, 0.2) is 30.7 Å². The summed E-state index contributed by atoms with van der Waals surface area (Å²) in [6.07, 6.45) is 5.55. The van der Waals surface area contributed by atoms with Gasteiger partial charge in [0.05, 0.1) is 5.52 Å². The van der Waals surface area contributed by atoms with Crippen molar-refractivity contribution in [3.63, 3.8) is 0 Å². The normalized spacial score (nSPS) is 11.7. The topological polar surface area (TPSA) is 72.7 Å². The number of rotatable bonds is 4. The number of alkyl halides is 2. The van der Waals surface area contributed by atoms with E-state index in [9.17, 15) is 13.6 Å². The number of amides is 1. The zero-order valence-electron chi connectivity index (χ0n) is 14.0. The van der Waals surface area contributed by atoms with Crippen LogP contribution in [0.1, 0.15) is 32.2 Å². The Morgan fingerprint density at radius 3 is 2.76 bits per heavy atom. The molecule has 3 heterocycles. The number of halogens is 2. The van der Waals surface area contributed by atoms with E-state index in [-0.39, 0.29) is 5.91 Å². The quantitative estimate of drug-likeness (QED) is 0.786. The first-order valence-corrected chi connectivity index (χ1v) is 7.79. The molecule has 3 aromatic heterocycles. The Morgan fingerprint density at radius 2 is 2.12 bits per heavy atom. The van der Waals surface area contributed by atoms with Gasteiger partial charge < -0.3 is 9.88 Å². The summed E-state index contributed by atoms with van der Waals surface area (Å²) in [6, 6.07) is 3.26. The molecule has 0 fully saturated rings. The highest BCUT2D eigenvalue weighted by Crippen LogP contribution is 2.28. The predicted octanol–water partition coefficient (Wildman–Crippen LogP) is 3.45. The molecule has 6 nitrogen and oxygen atoms in total. The third-order valence-corrected chi connectivity index (χ3v) is 3.74. The maximum Gasteiger partial charge on any atom is 0.303 e. The molecular weight excluding hydrogens is 328 g/mol. The van der Waals surface area contributed by atoms with Gasteiger partial charge in [0, 0.05) is 43.9 Å². The number of pyridine rings is 1. The summed E-state index contributed by atoms with van der Waals surface area (Å²) in [5.74, 6) is -3.19. The number of aromatic nitrogens is 4. The molecule has 8 heteroatoms. The Hall–Kier alpha value is -2.90. The third-order valence-electron chi connectivity index (χ3n) is 3.74. The third kappa shape index (κ3) is 3.33. The van der Waals surface area contributed by atoms with Crippen molar-refractivity contribution in [3.8, 4) is 5.82 Å². The molecule has 25 heavy (non-hydrogen) atoms. The molecule has 0 spiro atoms. The van der Waals surface area contributed by atoms with Gasteiger partial charge in [0.2, 0.25) is 11.7 Å².